The van der Waals surface area contributed by atoms with E-state index in [1.165, 1.54) is 19.0 Å². The molecule has 2 aromatic heterocycles. The summed E-state index contributed by atoms with van der Waals surface area (Å²) in [5.41, 5.74) is 1.88. The fourth-order valence-corrected chi connectivity index (χ4v) is 4.92. The first-order chi connectivity index (χ1) is 15.0. The number of ether oxygens (including phenoxy) is 2. The standard InChI is InChI=1S/C23H27IN4O3/c1-14(24)15-4-6-18(7-5-15)28-13-17-9-21(22(31-3)10-20(17)27-28)26-23(29)16-8-19(30-2)12-25-11-16/h8-15,18H,4-7H2,1-3H3,(H,26,29)/t14?,15-,18-. The second-order valence-corrected chi connectivity index (χ2v) is 10.00. The van der Waals surface area contributed by atoms with Crippen molar-refractivity contribution in [2.75, 3.05) is 19.5 Å². The maximum absolute atomic E-state index is 12.7. The van der Waals surface area contributed by atoms with E-state index in [0.29, 0.717) is 32.7 Å². The molecule has 8 heteroatoms. The first-order valence-electron chi connectivity index (χ1n) is 10.5. The number of nitrogens with zero attached hydrogens (tertiary/aromatic N) is 3. The Morgan fingerprint density at radius 1 is 1.16 bits per heavy atom. The molecule has 1 fully saturated rings. The van der Waals surface area contributed by atoms with Crippen molar-refractivity contribution >= 4 is 45.1 Å². The Bertz CT molecular complexity index is 1070. The SMILES string of the molecule is COc1cncc(C(=O)Nc2cc3cn([C@H]4CC[C@H](C(C)I)CC4)nc3cc2OC)c1. The van der Waals surface area contributed by atoms with Crippen LogP contribution in [0.25, 0.3) is 10.9 Å². The fourth-order valence-electron chi connectivity index (χ4n) is 4.20. The van der Waals surface area contributed by atoms with Crippen LogP contribution in [0.2, 0.25) is 0 Å². The third kappa shape index (κ3) is 4.78. The number of carbonyl (C=O) groups excluding carboxylic acids is 1. The quantitative estimate of drug-likeness (QED) is 0.345. The largest absolute Gasteiger partial charge is 0.495 e. The molecule has 1 N–H and O–H groups in total. The number of rotatable bonds is 6. The molecule has 31 heavy (non-hydrogen) atoms. The topological polar surface area (TPSA) is 78.3 Å². The molecule has 4 rings (SSSR count). The number of benzene rings is 1. The molecule has 1 unspecified atom stereocenters. The number of anilines is 1. The predicted molar refractivity (Wildman–Crippen MR) is 130 cm³/mol. The van der Waals surface area contributed by atoms with Gasteiger partial charge in [-0.2, -0.15) is 5.10 Å². The van der Waals surface area contributed by atoms with Crippen molar-refractivity contribution in [3.05, 3.63) is 42.4 Å². The van der Waals surface area contributed by atoms with Gasteiger partial charge in [-0.05, 0) is 43.7 Å². The number of alkyl halides is 1. The van der Waals surface area contributed by atoms with Gasteiger partial charge in [-0.3, -0.25) is 14.5 Å². The van der Waals surface area contributed by atoms with Crippen molar-refractivity contribution in [1.82, 2.24) is 14.8 Å². The van der Waals surface area contributed by atoms with Gasteiger partial charge in [-0.15, -0.1) is 0 Å². The zero-order valence-electron chi connectivity index (χ0n) is 18.0. The highest BCUT2D eigenvalue weighted by Gasteiger charge is 2.25. The summed E-state index contributed by atoms with van der Waals surface area (Å²) in [6.07, 6.45) is 9.93. The maximum Gasteiger partial charge on any atom is 0.257 e. The third-order valence-corrected chi connectivity index (χ3v) is 7.08. The summed E-state index contributed by atoms with van der Waals surface area (Å²) >= 11 is 2.54. The molecule has 0 aliphatic heterocycles. The number of nitrogens with one attached hydrogen (secondary N) is 1. The molecule has 1 saturated carbocycles. The Balaban J connectivity index is 1.56. The Morgan fingerprint density at radius 3 is 2.61 bits per heavy atom. The summed E-state index contributed by atoms with van der Waals surface area (Å²) in [7, 11) is 3.13. The first-order valence-corrected chi connectivity index (χ1v) is 11.7. The summed E-state index contributed by atoms with van der Waals surface area (Å²) in [6.45, 7) is 2.30. The number of aromatic nitrogens is 3. The van der Waals surface area contributed by atoms with Gasteiger partial charge in [0.05, 0.1) is 43.2 Å². The molecular formula is C23H27IN4O3. The number of methoxy groups -OCH3 is 2. The van der Waals surface area contributed by atoms with Crippen LogP contribution in [0.5, 0.6) is 11.5 Å². The van der Waals surface area contributed by atoms with E-state index in [-0.39, 0.29) is 5.91 Å². The highest BCUT2D eigenvalue weighted by atomic mass is 127. The molecule has 2 heterocycles. The average molecular weight is 534 g/mol. The molecule has 0 spiro atoms. The molecular weight excluding hydrogens is 507 g/mol. The van der Waals surface area contributed by atoms with Gasteiger partial charge in [0.2, 0.25) is 0 Å². The van der Waals surface area contributed by atoms with Crippen LogP contribution in [0.15, 0.2) is 36.8 Å². The lowest BCUT2D eigenvalue weighted by Crippen LogP contribution is -2.22. The van der Waals surface area contributed by atoms with Gasteiger partial charge in [0.25, 0.3) is 5.91 Å². The van der Waals surface area contributed by atoms with E-state index < -0.39 is 0 Å². The molecule has 3 aromatic rings. The van der Waals surface area contributed by atoms with E-state index in [1.807, 2.05) is 12.1 Å². The van der Waals surface area contributed by atoms with Gasteiger partial charge < -0.3 is 14.8 Å². The van der Waals surface area contributed by atoms with Crippen molar-refractivity contribution in [1.29, 1.82) is 0 Å². The van der Waals surface area contributed by atoms with Crippen LogP contribution in [0.4, 0.5) is 5.69 Å². The number of hydrogen-bond acceptors (Lipinski definition) is 5. The molecule has 1 aliphatic rings. The number of carbonyl (C=O) groups is 1. The van der Waals surface area contributed by atoms with Gasteiger partial charge in [0, 0.05) is 27.8 Å². The van der Waals surface area contributed by atoms with Crippen molar-refractivity contribution in [3.8, 4) is 11.5 Å². The van der Waals surface area contributed by atoms with E-state index in [0.717, 1.165) is 29.7 Å². The lowest BCUT2D eigenvalue weighted by molar-refractivity contribution is 0.102. The molecule has 0 saturated heterocycles. The van der Waals surface area contributed by atoms with Crippen molar-refractivity contribution < 1.29 is 14.3 Å². The molecule has 1 amide bonds. The maximum atomic E-state index is 12.7. The number of pyridine rings is 1. The minimum absolute atomic E-state index is 0.275. The second-order valence-electron chi connectivity index (χ2n) is 8.03. The number of fused-ring (bicyclic) bond motifs is 1. The summed E-state index contributed by atoms with van der Waals surface area (Å²) in [4.78, 5) is 16.8. The van der Waals surface area contributed by atoms with Gasteiger partial charge in [0.15, 0.2) is 0 Å². The van der Waals surface area contributed by atoms with E-state index in [1.54, 1.807) is 26.5 Å². The summed E-state index contributed by atoms with van der Waals surface area (Å²) < 4.78 is 13.5. The van der Waals surface area contributed by atoms with Gasteiger partial charge >= 0.3 is 0 Å². The molecule has 1 aliphatic carbocycles. The van der Waals surface area contributed by atoms with Crippen LogP contribution in [-0.4, -0.2) is 38.8 Å². The minimum atomic E-state index is -0.275. The van der Waals surface area contributed by atoms with Crippen LogP contribution < -0.4 is 14.8 Å². The lowest BCUT2D eigenvalue weighted by Gasteiger charge is -2.30. The highest BCUT2D eigenvalue weighted by molar-refractivity contribution is 14.1. The highest BCUT2D eigenvalue weighted by Crippen LogP contribution is 2.37. The number of hydrogen-bond donors (Lipinski definition) is 1. The molecule has 7 nitrogen and oxygen atoms in total. The van der Waals surface area contributed by atoms with Crippen LogP contribution in [0, 0.1) is 5.92 Å². The molecule has 1 atom stereocenters. The van der Waals surface area contributed by atoms with Crippen LogP contribution in [-0.2, 0) is 0 Å². The first kappa shape index (κ1) is 21.9. The van der Waals surface area contributed by atoms with E-state index in [2.05, 4.69) is 50.7 Å². The Labute approximate surface area is 195 Å². The van der Waals surface area contributed by atoms with Crippen molar-refractivity contribution in [2.45, 2.75) is 42.6 Å². The molecule has 0 radical (unpaired) electrons. The lowest BCUT2D eigenvalue weighted by atomic mass is 9.84. The Kier molecular flexibility index (Phi) is 6.64. The Morgan fingerprint density at radius 2 is 1.94 bits per heavy atom. The van der Waals surface area contributed by atoms with E-state index >= 15 is 0 Å². The van der Waals surface area contributed by atoms with E-state index in [4.69, 9.17) is 14.6 Å². The van der Waals surface area contributed by atoms with Crippen LogP contribution in [0.1, 0.15) is 49.0 Å². The molecule has 0 bridgehead atoms. The van der Waals surface area contributed by atoms with Gasteiger partial charge in [-0.1, -0.05) is 29.5 Å². The van der Waals surface area contributed by atoms with Crippen LogP contribution >= 0.6 is 22.6 Å². The molecule has 164 valence electrons. The summed E-state index contributed by atoms with van der Waals surface area (Å²) in [5.74, 6) is 1.63. The fraction of sp³-hybridized carbons (Fsp3) is 0.435. The normalized spacial score (nSPS) is 19.7. The zero-order valence-corrected chi connectivity index (χ0v) is 20.1. The number of amides is 1. The third-order valence-electron chi connectivity index (χ3n) is 6.07. The predicted octanol–water partition coefficient (Wildman–Crippen LogP) is 5.26. The van der Waals surface area contributed by atoms with Crippen molar-refractivity contribution in [2.24, 2.45) is 5.92 Å². The second kappa shape index (κ2) is 9.42. The minimum Gasteiger partial charge on any atom is -0.495 e. The van der Waals surface area contributed by atoms with Crippen LogP contribution in [0.3, 0.4) is 0 Å². The van der Waals surface area contributed by atoms with E-state index in [9.17, 15) is 4.79 Å². The Hall–Kier alpha value is -2.36. The summed E-state index contributed by atoms with van der Waals surface area (Å²) in [6, 6.07) is 5.87. The smallest absolute Gasteiger partial charge is 0.257 e. The van der Waals surface area contributed by atoms with Gasteiger partial charge in [-0.25, -0.2) is 0 Å². The number of halogens is 1. The van der Waals surface area contributed by atoms with Crippen molar-refractivity contribution in [3.63, 3.8) is 0 Å². The molecule has 1 aromatic carbocycles. The summed E-state index contributed by atoms with van der Waals surface area (Å²) in [5, 5.41) is 8.72. The average Bonchev–Trinajstić information content (AvgIpc) is 3.21. The van der Waals surface area contributed by atoms with Gasteiger partial charge in [0.1, 0.15) is 11.5 Å². The zero-order chi connectivity index (χ0) is 22.0. The monoisotopic (exact) mass is 534 g/mol.